The zero-order valence-electron chi connectivity index (χ0n) is 12.0. The molecule has 112 valence electrons. The highest BCUT2D eigenvalue weighted by molar-refractivity contribution is 7.87. The second-order valence-electron chi connectivity index (χ2n) is 5.03. The van der Waals surface area contributed by atoms with E-state index in [4.69, 9.17) is 4.74 Å². The van der Waals surface area contributed by atoms with Crippen LogP contribution in [0.1, 0.15) is 37.8 Å². The van der Waals surface area contributed by atoms with Crippen molar-refractivity contribution in [2.45, 2.75) is 32.2 Å². The number of hydrogen-bond acceptors (Lipinski definition) is 3. The van der Waals surface area contributed by atoms with Gasteiger partial charge in [-0.15, -0.1) is 0 Å². The predicted octanol–water partition coefficient (Wildman–Crippen LogP) is 2.08. The van der Waals surface area contributed by atoms with Crippen LogP contribution in [0.15, 0.2) is 24.3 Å². The van der Waals surface area contributed by atoms with Gasteiger partial charge in [0.25, 0.3) is 10.2 Å². The molecule has 1 atom stereocenters. The lowest BCUT2D eigenvalue weighted by Gasteiger charge is -2.28. The van der Waals surface area contributed by atoms with Crippen molar-refractivity contribution in [3.63, 3.8) is 0 Å². The average Bonchev–Trinajstić information content (AvgIpc) is 2.44. The maximum absolute atomic E-state index is 12.3. The monoisotopic (exact) mass is 298 g/mol. The van der Waals surface area contributed by atoms with Crippen LogP contribution in [0.5, 0.6) is 5.75 Å². The number of para-hydroxylation sites is 1. The highest BCUT2D eigenvalue weighted by Crippen LogP contribution is 2.32. The Morgan fingerprint density at radius 1 is 1.40 bits per heavy atom. The maximum Gasteiger partial charge on any atom is 0.279 e. The van der Waals surface area contributed by atoms with Crippen LogP contribution in [0.2, 0.25) is 0 Å². The molecule has 6 heteroatoms. The molecular weight excluding hydrogens is 276 g/mol. The second-order valence-corrected chi connectivity index (χ2v) is 6.83. The maximum atomic E-state index is 12.3. The number of unbranched alkanes of at least 4 members (excludes halogenated alkanes) is 1. The molecule has 5 nitrogen and oxygen atoms in total. The van der Waals surface area contributed by atoms with E-state index >= 15 is 0 Å². The van der Waals surface area contributed by atoms with Gasteiger partial charge in [-0.2, -0.15) is 17.4 Å². The van der Waals surface area contributed by atoms with Crippen LogP contribution in [-0.4, -0.2) is 32.9 Å². The Hall–Kier alpha value is -1.11. The zero-order valence-corrected chi connectivity index (χ0v) is 12.8. The Kier molecular flexibility index (Phi) is 5.01. The summed E-state index contributed by atoms with van der Waals surface area (Å²) in [5.74, 6) is 0.766. The van der Waals surface area contributed by atoms with Crippen LogP contribution >= 0.6 is 0 Å². The van der Waals surface area contributed by atoms with Crippen LogP contribution < -0.4 is 9.46 Å². The number of nitrogens with one attached hydrogen (secondary N) is 1. The molecule has 0 radical (unpaired) electrons. The van der Waals surface area contributed by atoms with Crippen molar-refractivity contribution >= 4 is 10.2 Å². The predicted molar refractivity (Wildman–Crippen MR) is 78.9 cm³/mol. The van der Waals surface area contributed by atoms with E-state index in [-0.39, 0.29) is 6.04 Å². The Morgan fingerprint density at radius 3 is 2.90 bits per heavy atom. The molecular formula is C14H22N2O3S. The first-order valence-electron chi connectivity index (χ1n) is 7.00. The van der Waals surface area contributed by atoms with Gasteiger partial charge < -0.3 is 4.74 Å². The first kappa shape index (κ1) is 15.3. The molecule has 1 heterocycles. The van der Waals surface area contributed by atoms with Crippen LogP contribution in [0.25, 0.3) is 0 Å². The van der Waals surface area contributed by atoms with Gasteiger partial charge in [-0.25, -0.2) is 0 Å². The van der Waals surface area contributed by atoms with E-state index in [1.165, 1.54) is 4.31 Å². The van der Waals surface area contributed by atoms with Crippen molar-refractivity contribution in [1.29, 1.82) is 0 Å². The molecule has 1 N–H and O–H groups in total. The Labute approximate surface area is 121 Å². The van der Waals surface area contributed by atoms with Crippen LogP contribution in [0, 0.1) is 0 Å². The number of ether oxygens (including phenoxy) is 1. The minimum absolute atomic E-state index is 0.214. The molecule has 20 heavy (non-hydrogen) atoms. The summed E-state index contributed by atoms with van der Waals surface area (Å²) in [5.41, 5.74) is 0.909. The van der Waals surface area contributed by atoms with Gasteiger partial charge in [-0.05, 0) is 12.5 Å². The topological polar surface area (TPSA) is 58.6 Å². The van der Waals surface area contributed by atoms with Crippen molar-refractivity contribution in [1.82, 2.24) is 9.03 Å². The number of rotatable bonds is 6. The van der Waals surface area contributed by atoms with E-state index in [2.05, 4.69) is 4.72 Å². The van der Waals surface area contributed by atoms with Crippen LogP contribution in [0.4, 0.5) is 0 Å². The van der Waals surface area contributed by atoms with Gasteiger partial charge >= 0.3 is 0 Å². The SMILES string of the molecule is CCCCN(C)S(=O)(=O)N[C@@H]1CCOc2ccccc21. The number of fused-ring (bicyclic) bond motifs is 1. The number of benzene rings is 1. The van der Waals surface area contributed by atoms with Crippen molar-refractivity contribution < 1.29 is 13.2 Å². The largest absolute Gasteiger partial charge is 0.493 e. The third kappa shape index (κ3) is 3.50. The summed E-state index contributed by atoms with van der Waals surface area (Å²) in [7, 11) is -1.83. The van der Waals surface area contributed by atoms with Gasteiger partial charge in [0.2, 0.25) is 0 Å². The third-order valence-corrected chi connectivity index (χ3v) is 5.07. The molecule has 1 aromatic carbocycles. The fourth-order valence-corrected chi connectivity index (χ4v) is 3.39. The van der Waals surface area contributed by atoms with E-state index in [9.17, 15) is 8.42 Å². The van der Waals surface area contributed by atoms with E-state index in [0.29, 0.717) is 19.6 Å². The van der Waals surface area contributed by atoms with Gasteiger partial charge in [0, 0.05) is 25.6 Å². The van der Waals surface area contributed by atoms with Gasteiger partial charge in [0.1, 0.15) is 5.75 Å². The first-order chi connectivity index (χ1) is 9.54. The molecule has 0 amide bonds. The molecule has 1 aromatic rings. The lowest BCUT2D eigenvalue weighted by atomic mass is 10.0. The highest BCUT2D eigenvalue weighted by atomic mass is 32.2. The lowest BCUT2D eigenvalue weighted by Crippen LogP contribution is -2.41. The normalized spacial score (nSPS) is 18.6. The van der Waals surface area contributed by atoms with Gasteiger partial charge in [-0.3, -0.25) is 0 Å². The van der Waals surface area contributed by atoms with Gasteiger partial charge in [-0.1, -0.05) is 31.5 Å². The van der Waals surface area contributed by atoms with Gasteiger partial charge in [0.05, 0.1) is 12.6 Å². The molecule has 2 rings (SSSR count). The number of hydrogen-bond donors (Lipinski definition) is 1. The summed E-state index contributed by atoms with van der Waals surface area (Å²) in [6.45, 7) is 3.11. The molecule has 0 unspecified atom stereocenters. The molecule has 1 aliphatic rings. The molecule has 0 aliphatic carbocycles. The molecule has 0 bridgehead atoms. The van der Waals surface area contributed by atoms with Crippen molar-refractivity contribution in [3.8, 4) is 5.75 Å². The smallest absolute Gasteiger partial charge is 0.279 e. The van der Waals surface area contributed by atoms with Crippen LogP contribution in [-0.2, 0) is 10.2 Å². The molecule has 0 aromatic heterocycles. The highest BCUT2D eigenvalue weighted by Gasteiger charge is 2.27. The van der Waals surface area contributed by atoms with E-state index < -0.39 is 10.2 Å². The summed E-state index contributed by atoms with van der Waals surface area (Å²) >= 11 is 0. The minimum Gasteiger partial charge on any atom is -0.493 e. The fraction of sp³-hybridized carbons (Fsp3) is 0.571. The Balaban J connectivity index is 2.10. The molecule has 0 saturated carbocycles. The molecule has 1 aliphatic heterocycles. The van der Waals surface area contributed by atoms with Gasteiger partial charge in [0.15, 0.2) is 0 Å². The fourth-order valence-electron chi connectivity index (χ4n) is 2.24. The van der Waals surface area contributed by atoms with Crippen molar-refractivity contribution in [3.05, 3.63) is 29.8 Å². The minimum atomic E-state index is -3.45. The Morgan fingerprint density at radius 2 is 2.15 bits per heavy atom. The van der Waals surface area contributed by atoms with E-state index in [1.54, 1.807) is 7.05 Å². The average molecular weight is 298 g/mol. The molecule has 0 fully saturated rings. The molecule has 0 saturated heterocycles. The summed E-state index contributed by atoms with van der Waals surface area (Å²) in [4.78, 5) is 0. The summed E-state index contributed by atoms with van der Waals surface area (Å²) in [6.07, 6.45) is 2.49. The lowest BCUT2D eigenvalue weighted by molar-refractivity contribution is 0.261. The van der Waals surface area contributed by atoms with Crippen molar-refractivity contribution in [2.75, 3.05) is 20.2 Å². The summed E-state index contributed by atoms with van der Waals surface area (Å²) in [6, 6.07) is 7.36. The third-order valence-electron chi connectivity index (χ3n) is 3.49. The van der Waals surface area contributed by atoms with E-state index in [1.807, 2.05) is 31.2 Å². The van der Waals surface area contributed by atoms with Crippen LogP contribution in [0.3, 0.4) is 0 Å². The first-order valence-corrected chi connectivity index (χ1v) is 8.44. The standard InChI is InChI=1S/C14H22N2O3S/c1-3-4-10-16(2)20(17,18)15-13-9-11-19-14-8-6-5-7-12(13)14/h5-8,13,15H,3-4,9-11H2,1-2H3/t13-/m1/s1. The Bertz CT molecular complexity index is 545. The summed E-state index contributed by atoms with van der Waals surface area (Å²) in [5, 5.41) is 0. The zero-order chi connectivity index (χ0) is 14.6. The van der Waals surface area contributed by atoms with Crippen molar-refractivity contribution in [2.24, 2.45) is 0 Å². The quantitative estimate of drug-likeness (QED) is 0.874. The second kappa shape index (κ2) is 6.56. The summed E-state index contributed by atoms with van der Waals surface area (Å²) < 4.78 is 34.3. The van der Waals surface area contributed by atoms with E-state index in [0.717, 1.165) is 24.2 Å². The number of nitrogens with zero attached hydrogens (tertiary/aromatic N) is 1. The molecule has 0 spiro atoms.